The number of nitrogens with zero attached hydrogens (tertiary/aromatic N) is 4. The Balaban J connectivity index is 1.52. The summed E-state index contributed by atoms with van der Waals surface area (Å²) >= 11 is 5.83. The molecule has 6 nitrogen and oxygen atoms in total. The van der Waals surface area contributed by atoms with Gasteiger partial charge in [0.2, 0.25) is 0 Å². The van der Waals surface area contributed by atoms with Gasteiger partial charge in [-0.05, 0) is 24.3 Å². The molecule has 23 heavy (non-hydrogen) atoms. The Hall–Kier alpha value is -1.76. The molecule has 0 amide bonds. The van der Waals surface area contributed by atoms with E-state index in [1.807, 2.05) is 6.20 Å². The van der Waals surface area contributed by atoms with Gasteiger partial charge >= 0.3 is 0 Å². The van der Waals surface area contributed by atoms with Gasteiger partial charge in [-0.25, -0.2) is 4.68 Å². The van der Waals surface area contributed by atoms with E-state index in [2.05, 4.69) is 15.2 Å². The molecule has 2 heterocycles. The monoisotopic (exact) mass is 334 g/mol. The highest BCUT2D eigenvalue weighted by Gasteiger charge is 2.12. The van der Waals surface area contributed by atoms with Crippen LogP contribution in [0.5, 0.6) is 0 Å². The maximum atomic E-state index is 12.2. The molecular weight excluding hydrogens is 316 g/mol. The van der Waals surface area contributed by atoms with Crippen LogP contribution in [0.25, 0.3) is 0 Å². The van der Waals surface area contributed by atoms with Gasteiger partial charge in [0.05, 0.1) is 18.9 Å². The second kappa shape index (κ2) is 7.68. The lowest BCUT2D eigenvalue weighted by molar-refractivity contribution is 0.0383. The van der Waals surface area contributed by atoms with Crippen LogP contribution in [0, 0.1) is 0 Å². The van der Waals surface area contributed by atoms with E-state index in [1.165, 1.54) is 0 Å². The molecule has 0 atom stereocenters. The molecule has 0 bridgehead atoms. The molecule has 1 aliphatic heterocycles. The third kappa shape index (κ3) is 4.60. The molecule has 2 aromatic rings. The smallest absolute Gasteiger partial charge is 0.184 e. The first-order chi connectivity index (χ1) is 11.2. The summed E-state index contributed by atoms with van der Waals surface area (Å²) in [5, 5.41) is 8.80. The van der Waals surface area contributed by atoms with Crippen LogP contribution < -0.4 is 0 Å². The van der Waals surface area contributed by atoms with E-state index in [-0.39, 0.29) is 12.3 Å². The fraction of sp³-hybridized carbons (Fsp3) is 0.438. The molecule has 0 unspecified atom stereocenters. The summed E-state index contributed by atoms with van der Waals surface area (Å²) in [6, 6.07) is 6.87. The predicted molar refractivity (Wildman–Crippen MR) is 86.8 cm³/mol. The number of morpholine rings is 1. The average Bonchev–Trinajstić information content (AvgIpc) is 3.02. The third-order valence-electron chi connectivity index (χ3n) is 3.85. The summed E-state index contributed by atoms with van der Waals surface area (Å²) in [4.78, 5) is 14.5. The van der Waals surface area contributed by atoms with Crippen molar-refractivity contribution in [1.29, 1.82) is 0 Å². The van der Waals surface area contributed by atoms with Crippen LogP contribution in [0.2, 0.25) is 5.02 Å². The van der Waals surface area contributed by atoms with E-state index >= 15 is 0 Å². The lowest BCUT2D eigenvalue weighted by atomic mass is 10.1. The number of carbonyl (C=O) groups is 1. The van der Waals surface area contributed by atoms with Crippen molar-refractivity contribution in [3.63, 3.8) is 0 Å². The Morgan fingerprint density at radius 3 is 2.70 bits per heavy atom. The fourth-order valence-corrected chi connectivity index (χ4v) is 2.63. The largest absolute Gasteiger partial charge is 0.379 e. The zero-order chi connectivity index (χ0) is 16.1. The molecule has 0 spiro atoms. The summed E-state index contributed by atoms with van der Waals surface area (Å²) in [7, 11) is 0. The number of carbonyl (C=O) groups excluding carboxylic acids is 1. The Morgan fingerprint density at radius 1 is 1.22 bits per heavy atom. The SMILES string of the molecule is O=C(Cn1cc(CCN2CCOCC2)nn1)c1ccc(Cl)cc1. The number of rotatable bonds is 6. The summed E-state index contributed by atoms with van der Waals surface area (Å²) in [6.45, 7) is 4.64. The Labute approximate surface area is 140 Å². The molecule has 1 fully saturated rings. The number of ketones is 1. The van der Waals surface area contributed by atoms with E-state index < -0.39 is 0 Å². The van der Waals surface area contributed by atoms with Gasteiger partial charge in [-0.2, -0.15) is 0 Å². The Morgan fingerprint density at radius 2 is 1.96 bits per heavy atom. The van der Waals surface area contributed by atoms with Crippen LogP contribution in [0.4, 0.5) is 0 Å². The summed E-state index contributed by atoms with van der Waals surface area (Å²) in [5.41, 5.74) is 1.53. The van der Waals surface area contributed by atoms with Gasteiger partial charge in [0, 0.05) is 42.8 Å². The zero-order valence-corrected chi connectivity index (χ0v) is 13.6. The van der Waals surface area contributed by atoms with Crippen molar-refractivity contribution < 1.29 is 9.53 Å². The van der Waals surface area contributed by atoms with Gasteiger partial charge in [0.1, 0.15) is 6.54 Å². The quantitative estimate of drug-likeness (QED) is 0.752. The Kier molecular flexibility index (Phi) is 5.38. The van der Waals surface area contributed by atoms with Crippen molar-refractivity contribution in [1.82, 2.24) is 19.9 Å². The number of Topliss-reactive ketones (excluding diaryl/α,β-unsaturated/α-hetero) is 1. The number of ether oxygens (including phenoxy) is 1. The predicted octanol–water partition coefficient (Wildman–Crippen LogP) is 1.69. The highest BCUT2D eigenvalue weighted by molar-refractivity contribution is 6.30. The molecule has 7 heteroatoms. The van der Waals surface area contributed by atoms with Crippen molar-refractivity contribution in [3.8, 4) is 0 Å². The second-order valence-corrected chi connectivity index (χ2v) is 5.98. The molecule has 0 aliphatic carbocycles. The van der Waals surface area contributed by atoms with Crippen LogP contribution in [-0.2, 0) is 17.7 Å². The minimum Gasteiger partial charge on any atom is -0.379 e. The molecule has 1 aromatic carbocycles. The van der Waals surface area contributed by atoms with Crippen LogP contribution in [0.1, 0.15) is 16.1 Å². The molecule has 0 radical (unpaired) electrons. The summed E-state index contributed by atoms with van der Waals surface area (Å²) in [5.74, 6) is -0.00806. The first-order valence-electron chi connectivity index (χ1n) is 7.68. The van der Waals surface area contributed by atoms with Crippen LogP contribution in [0.15, 0.2) is 30.5 Å². The average molecular weight is 335 g/mol. The van der Waals surface area contributed by atoms with E-state index in [0.29, 0.717) is 10.6 Å². The lowest BCUT2D eigenvalue weighted by Gasteiger charge is -2.25. The van der Waals surface area contributed by atoms with Crippen LogP contribution in [0.3, 0.4) is 0 Å². The van der Waals surface area contributed by atoms with Crippen LogP contribution in [-0.4, -0.2) is 58.5 Å². The standard InChI is InChI=1S/C16H19ClN4O2/c17-14-3-1-13(2-4-14)16(22)12-21-11-15(18-19-21)5-6-20-7-9-23-10-8-20/h1-4,11H,5-10,12H2. The summed E-state index contributed by atoms with van der Waals surface area (Å²) < 4.78 is 6.92. The van der Waals surface area contributed by atoms with Crippen molar-refractivity contribution in [2.75, 3.05) is 32.8 Å². The second-order valence-electron chi connectivity index (χ2n) is 5.54. The number of hydrogen-bond acceptors (Lipinski definition) is 5. The maximum Gasteiger partial charge on any atom is 0.184 e. The van der Waals surface area contributed by atoms with E-state index in [0.717, 1.165) is 45.0 Å². The molecule has 0 saturated carbocycles. The van der Waals surface area contributed by atoms with Gasteiger partial charge in [-0.3, -0.25) is 9.69 Å². The molecular formula is C16H19ClN4O2. The highest BCUT2D eigenvalue weighted by Crippen LogP contribution is 2.10. The first-order valence-corrected chi connectivity index (χ1v) is 8.06. The molecule has 1 aliphatic rings. The van der Waals surface area contributed by atoms with Gasteiger partial charge < -0.3 is 4.74 Å². The van der Waals surface area contributed by atoms with Crippen molar-refractivity contribution >= 4 is 17.4 Å². The number of benzene rings is 1. The maximum absolute atomic E-state index is 12.2. The van der Waals surface area contributed by atoms with Crippen molar-refractivity contribution in [2.24, 2.45) is 0 Å². The molecule has 1 aromatic heterocycles. The topological polar surface area (TPSA) is 60.2 Å². The minimum atomic E-state index is -0.00806. The first kappa shape index (κ1) is 16.1. The lowest BCUT2D eigenvalue weighted by Crippen LogP contribution is -2.37. The summed E-state index contributed by atoms with van der Waals surface area (Å²) in [6.07, 6.45) is 2.67. The van der Waals surface area contributed by atoms with E-state index in [4.69, 9.17) is 16.3 Å². The number of aromatic nitrogens is 3. The van der Waals surface area contributed by atoms with Gasteiger partial charge in [0.25, 0.3) is 0 Å². The van der Waals surface area contributed by atoms with Crippen molar-refractivity contribution in [2.45, 2.75) is 13.0 Å². The van der Waals surface area contributed by atoms with Gasteiger partial charge in [-0.1, -0.05) is 16.8 Å². The Bertz CT molecular complexity index is 650. The zero-order valence-electron chi connectivity index (χ0n) is 12.8. The fourth-order valence-electron chi connectivity index (χ4n) is 2.50. The molecule has 3 rings (SSSR count). The van der Waals surface area contributed by atoms with Crippen LogP contribution >= 0.6 is 11.6 Å². The van der Waals surface area contributed by atoms with E-state index in [9.17, 15) is 4.79 Å². The van der Waals surface area contributed by atoms with Crippen molar-refractivity contribution in [3.05, 3.63) is 46.7 Å². The highest BCUT2D eigenvalue weighted by atomic mass is 35.5. The van der Waals surface area contributed by atoms with Gasteiger partial charge in [-0.15, -0.1) is 5.10 Å². The third-order valence-corrected chi connectivity index (χ3v) is 4.10. The van der Waals surface area contributed by atoms with E-state index in [1.54, 1.807) is 28.9 Å². The molecule has 122 valence electrons. The molecule has 1 saturated heterocycles. The minimum absolute atomic E-state index is 0.00806. The van der Waals surface area contributed by atoms with Gasteiger partial charge in [0.15, 0.2) is 5.78 Å². The number of hydrogen-bond donors (Lipinski definition) is 0. The number of halogens is 1. The molecule has 0 N–H and O–H groups in total. The normalized spacial score (nSPS) is 15.7.